The third-order valence-electron chi connectivity index (χ3n) is 0.406. The molecule has 0 bridgehead atoms. The standard InChI is InChI=1S/C3Br2NO/c4-2-1-7-3(5)6-2. The summed E-state index contributed by atoms with van der Waals surface area (Å²) in [5.74, 6) is 0. The molecular formula is C3Br2NO. The van der Waals surface area contributed by atoms with E-state index in [4.69, 9.17) is 0 Å². The largest absolute Gasteiger partial charge is 0.426 e. The molecule has 1 radical (unpaired) electrons. The molecule has 0 N–H and O–H groups in total. The van der Waals surface area contributed by atoms with Gasteiger partial charge in [-0.15, -0.1) is 0 Å². The maximum Gasteiger partial charge on any atom is 0.265 e. The topological polar surface area (TPSA) is 26.0 Å². The summed E-state index contributed by atoms with van der Waals surface area (Å²) >= 11 is 6.03. The first-order chi connectivity index (χ1) is 3.29. The molecule has 0 aromatic carbocycles. The van der Waals surface area contributed by atoms with Gasteiger partial charge in [-0.2, -0.15) is 4.98 Å². The Bertz CT molecular complexity index is 145. The van der Waals surface area contributed by atoms with Crippen molar-refractivity contribution in [1.82, 2.24) is 4.98 Å². The van der Waals surface area contributed by atoms with Gasteiger partial charge < -0.3 is 4.42 Å². The van der Waals surface area contributed by atoms with Crippen molar-refractivity contribution < 1.29 is 4.42 Å². The van der Waals surface area contributed by atoms with Crippen LogP contribution in [0.25, 0.3) is 0 Å². The SMILES string of the molecule is Brc1[c]oc(Br)n1. The van der Waals surface area contributed by atoms with Gasteiger partial charge in [0.1, 0.15) is 0 Å². The van der Waals surface area contributed by atoms with Crippen molar-refractivity contribution in [2.75, 3.05) is 0 Å². The van der Waals surface area contributed by atoms with E-state index in [2.05, 4.69) is 47.5 Å². The second kappa shape index (κ2) is 1.96. The molecule has 4 heteroatoms. The fraction of sp³-hybridized carbons (Fsp3) is 0. The zero-order valence-electron chi connectivity index (χ0n) is 3.11. The lowest BCUT2D eigenvalue weighted by atomic mass is 11.0. The van der Waals surface area contributed by atoms with Crippen molar-refractivity contribution in [2.24, 2.45) is 0 Å². The maximum absolute atomic E-state index is 4.60. The highest BCUT2D eigenvalue weighted by atomic mass is 79.9. The molecule has 0 amide bonds. The van der Waals surface area contributed by atoms with Gasteiger partial charge in [0, 0.05) is 15.9 Å². The molecule has 0 fully saturated rings. The molecule has 2 nitrogen and oxygen atoms in total. The summed E-state index contributed by atoms with van der Waals surface area (Å²) in [7, 11) is 0. The Morgan fingerprint density at radius 2 is 2.29 bits per heavy atom. The normalized spacial score (nSPS) is 9.43. The Hall–Kier alpha value is 0.170. The van der Waals surface area contributed by atoms with Crippen LogP contribution in [0.2, 0.25) is 0 Å². The zero-order valence-corrected chi connectivity index (χ0v) is 6.28. The minimum Gasteiger partial charge on any atom is -0.426 e. The van der Waals surface area contributed by atoms with Crippen molar-refractivity contribution >= 4 is 31.9 Å². The fourth-order valence-electron chi connectivity index (χ4n) is 0.207. The Morgan fingerprint density at radius 1 is 1.57 bits per heavy atom. The van der Waals surface area contributed by atoms with Crippen molar-refractivity contribution in [2.45, 2.75) is 0 Å². The molecule has 1 heterocycles. The summed E-state index contributed by atoms with van der Waals surface area (Å²) in [5, 5.41) is 0. The summed E-state index contributed by atoms with van der Waals surface area (Å²) < 4.78 is 5.18. The highest BCUT2D eigenvalue weighted by Gasteiger charge is 1.93. The fourth-order valence-corrected chi connectivity index (χ4v) is 0.945. The van der Waals surface area contributed by atoms with E-state index in [1.54, 1.807) is 0 Å². The number of nitrogens with zero attached hydrogens (tertiary/aromatic N) is 1. The summed E-state index contributed by atoms with van der Waals surface area (Å²) in [6, 6.07) is 0. The average Bonchev–Trinajstić information content (AvgIpc) is 1.87. The first kappa shape index (κ1) is 5.31. The van der Waals surface area contributed by atoms with Crippen molar-refractivity contribution in [3.8, 4) is 0 Å². The summed E-state index contributed by atoms with van der Waals surface area (Å²) in [6.07, 6.45) is 2.45. The van der Waals surface area contributed by atoms with E-state index in [1.165, 1.54) is 0 Å². The van der Waals surface area contributed by atoms with Crippen molar-refractivity contribution in [1.29, 1.82) is 0 Å². The van der Waals surface area contributed by atoms with Gasteiger partial charge in [0.05, 0.1) is 0 Å². The van der Waals surface area contributed by atoms with Crippen LogP contribution in [0.5, 0.6) is 0 Å². The molecule has 0 saturated carbocycles. The first-order valence-electron chi connectivity index (χ1n) is 1.48. The van der Waals surface area contributed by atoms with Crippen LogP contribution in [0.3, 0.4) is 0 Å². The van der Waals surface area contributed by atoms with E-state index in [-0.39, 0.29) is 0 Å². The monoisotopic (exact) mass is 224 g/mol. The van der Waals surface area contributed by atoms with Crippen LogP contribution in [-0.4, -0.2) is 4.98 Å². The third kappa shape index (κ3) is 1.28. The molecule has 1 aromatic heterocycles. The lowest BCUT2D eigenvalue weighted by molar-refractivity contribution is 0.520. The molecule has 0 saturated heterocycles. The van der Waals surface area contributed by atoms with Crippen LogP contribution < -0.4 is 0 Å². The Kier molecular flexibility index (Phi) is 1.49. The van der Waals surface area contributed by atoms with Crippen LogP contribution in [0.4, 0.5) is 0 Å². The summed E-state index contributed by atoms with van der Waals surface area (Å²) in [5.41, 5.74) is 0. The van der Waals surface area contributed by atoms with Crippen LogP contribution in [0.15, 0.2) is 13.8 Å². The number of aromatic nitrogens is 1. The second-order valence-corrected chi connectivity index (χ2v) is 2.29. The third-order valence-corrected chi connectivity index (χ3v) is 1.08. The molecular weight excluding hydrogens is 226 g/mol. The highest BCUT2D eigenvalue weighted by molar-refractivity contribution is 9.11. The van der Waals surface area contributed by atoms with E-state index in [1.807, 2.05) is 0 Å². The Labute approximate surface area is 57.2 Å². The molecule has 1 aromatic rings. The van der Waals surface area contributed by atoms with Gasteiger partial charge in [-0.3, -0.25) is 0 Å². The quantitative estimate of drug-likeness (QED) is 0.675. The zero-order chi connectivity index (χ0) is 5.28. The van der Waals surface area contributed by atoms with Crippen LogP contribution >= 0.6 is 31.9 Å². The highest BCUT2D eigenvalue weighted by Crippen LogP contribution is 2.11. The lowest BCUT2D eigenvalue weighted by Crippen LogP contribution is -1.56. The van der Waals surface area contributed by atoms with Crippen LogP contribution in [-0.2, 0) is 0 Å². The number of oxazole rings is 1. The molecule has 0 aliphatic rings. The summed E-state index contributed by atoms with van der Waals surface area (Å²) in [4.78, 5) is 4.17. The van der Waals surface area contributed by atoms with E-state index < -0.39 is 0 Å². The van der Waals surface area contributed by atoms with Crippen molar-refractivity contribution in [3.05, 3.63) is 15.7 Å². The Morgan fingerprint density at radius 3 is 2.43 bits per heavy atom. The molecule has 0 spiro atoms. The summed E-state index contributed by atoms with van der Waals surface area (Å²) in [6.45, 7) is 0. The predicted octanol–water partition coefficient (Wildman–Crippen LogP) is 2.00. The van der Waals surface area contributed by atoms with E-state index in [9.17, 15) is 0 Å². The van der Waals surface area contributed by atoms with Crippen LogP contribution in [0, 0.1) is 6.26 Å². The number of rotatable bonds is 0. The molecule has 1 rings (SSSR count). The minimum absolute atomic E-state index is 0.444. The smallest absolute Gasteiger partial charge is 0.265 e. The first-order valence-corrected chi connectivity index (χ1v) is 3.07. The van der Waals surface area contributed by atoms with Gasteiger partial charge in [-0.1, -0.05) is 0 Å². The molecule has 0 aliphatic carbocycles. The van der Waals surface area contributed by atoms with Gasteiger partial charge in [0.25, 0.3) is 4.80 Å². The number of hydrogen-bond acceptors (Lipinski definition) is 2. The van der Waals surface area contributed by atoms with Crippen molar-refractivity contribution in [3.63, 3.8) is 0 Å². The maximum atomic E-state index is 4.60. The number of halogens is 2. The molecule has 0 unspecified atom stereocenters. The van der Waals surface area contributed by atoms with Gasteiger partial charge in [0.15, 0.2) is 4.60 Å². The molecule has 37 valence electrons. The van der Waals surface area contributed by atoms with E-state index in [0.717, 1.165) is 0 Å². The molecule has 0 atom stereocenters. The Balaban J connectivity index is 3.04. The van der Waals surface area contributed by atoms with Gasteiger partial charge >= 0.3 is 0 Å². The lowest BCUT2D eigenvalue weighted by Gasteiger charge is -1.64. The van der Waals surface area contributed by atoms with E-state index >= 15 is 0 Å². The van der Waals surface area contributed by atoms with Gasteiger partial charge in [0.2, 0.25) is 6.26 Å². The number of hydrogen-bond donors (Lipinski definition) is 0. The molecule has 0 aliphatic heterocycles. The van der Waals surface area contributed by atoms with Crippen LogP contribution in [0.1, 0.15) is 0 Å². The predicted molar refractivity (Wildman–Crippen MR) is 30.7 cm³/mol. The minimum atomic E-state index is 0.444. The molecule has 7 heavy (non-hydrogen) atoms. The van der Waals surface area contributed by atoms with Gasteiger partial charge in [-0.05, 0) is 15.9 Å². The van der Waals surface area contributed by atoms with Gasteiger partial charge in [-0.25, -0.2) is 0 Å². The average molecular weight is 226 g/mol. The second-order valence-electron chi connectivity index (χ2n) is 0.860. The van der Waals surface area contributed by atoms with E-state index in [0.29, 0.717) is 9.40 Å².